The van der Waals surface area contributed by atoms with E-state index in [9.17, 15) is 9.18 Å². The molecule has 2 aromatic rings. The Morgan fingerprint density at radius 1 is 1.20 bits per heavy atom. The third kappa shape index (κ3) is 5.02. The summed E-state index contributed by atoms with van der Waals surface area (Å²) in [6, 6.07) is 10.5. The van der Waals surface area contributed by atoms with Crippen LogP contribution < -0.4 is 20.1 Å². The molecule has 0 saturated carbocycles. The fraction of sp³-hybridized carbons (Fsp3) is 0.435. The molecule has 2 N–H and O–H groups in total. The second-order valence-corrected chi connectivity index (χ2v) is 7.74. The van der Waals surface area contributed by atoms with Crippen LogP contribution >= 0.6 is 0 Å². The molecule has 2 amide bonds. The van der Waals surface area contributed by atoms with Crippen LogP contribution in [-0.2, 0) is 13.0 Å². The summed E-state index contributed by atoms with van der Waals surface area (Å²) in [4.78, 5) is 14.4. The molecule has 0 radical (unpaired) electrons. The SMILES string of the molecule is COc1cc2c(cc1OC)[C@H](CNC(=O)NC(C)C)N(Cc1ccccc1F)CC2. The van der Waals surface area contributed by atoms with Crippen molar-refractivity contribution in [1.82, 2.24) is 15.5 Å². The molecule has 30 heavy (non-hydrogen) atoms. The van der Waals surface area contributed by atoms with Gasteiger partial charge in [0, 0.05) is 31.2 Å². The van der Waals surface area contributed by atoms with Gasteiger partial charge in [0.05, 0.1) is 20.3 Å². The molecule has 0 spiro atoms. The maximum Gasteiger partial charge on any atom is 0.315 e. The predicted molar refractivity (Wildman–Crippen MR) is 114 cm³/mol. The highest BCUT2D eigenvalue weighted by Crippen LogP contribution is 2.38. The number of methoxy groups -OCH3 is 2. The van der Waals surface area contributed by atoms with Crippen LogP contribution in [0.25, 0.3) is 0 Å². The molecule has 0 saturated heterocycles. The summed E-state index contributed by atoms with van der Waals surface area (Å²) in [6.45, 7) is 5.43. The number of ether oxygens (including phenoxy) is 2. The normalized spacial score (nSPS) is 16.1. The second-order valence-electron chi connectivity index (χ2n) is 7.74. The van der Waals surface area contributed by atoms with Crippen molar-refractivity contribution in [3.63, 3.8) is 0 Å². The highest BCUT2D eigenvalue weighted by molar-refractivity contribution is 5.74. The lowest BCUT2D eigenvalue weighted by Gasteiger charge is -2.38. The van der Waals surface area contributed by atoms with E-state index in [1.54, 1.807) is 26.4 Å². The summed E-state index contributed by atoms with van der Waals surface area (Å²) >= 11 is 0. The number of urea groups is 1. The molecule has 162 valence electrons. The van der Waals surface area contributed by atoms with Gasteiger partial charge in [-0.15, -0.1) is 0 Å². The third-order valence-corrected chi connectivity index (χ3v) is 5.32. The average molecular weight is 416 g/mol. The fourth-order valence-corrected chi connectivity index (χ4v) is 3.86. The van der Waals surface area contributed by atoms with Crippen LogP contribution in [0.1, 0.15) is 36.6 Å². The standard InChI is InChI=1S/C23H30FN3O3/c1-15(2)26-23(28)25-13-20-18-12-22(30-4)21(29-3)11-16(18)9-10-27(20)14-17-7-5-6-8-19(17)24/h5-8,11-12,15,20H,9-10,13-14H2,1-4H3,(H2,25,26,28)/t20-/m0/s1. The summed E-state index contributed by atoms with van der Waals surface area (Å²) in [5.74, 6) is 1.10. The van der Waals surface area contributed by atoms with Crippen LogP contribution in [0.15, 0.2) is 36.4 Å². The molecule has 1 heterocycles. The van der Waals surface area contributed by atoms with Gasteiger partial charge in [0.25, 0.3) is 0 Å². The molecule has 1 atom stereocenters. The van der Waals surface area contributed by atoms with E-state index in [-0.39, 0.29) is 23.9 Å². The van der Waals surface area contributed by atoms with Gasteiger partial charge in [-0.25, -0.2) is 9.18 Å². The number of benzene rings is 2. The Kier molecular flexibility index (Phi) is 7.15. The Bertz CT molecular complexity index is 888. The molecule has 0 unspecified atom stereocenters. The van der Waals surface area contributed by atoms with Crippen LogP contribution in [0.3, 0.4) is 0 Å². The molecule has 3 rings (SSSR count). The maximum atomic E-state index is 14.3. The molecule has 2 aromatic carbocycles. The van der Waals surface area contributed by atoms with E-state index >= 15 is 0 Å². The number of nitrogens with zero attached hydrogens (tertiary/aromatic N) is 1. The zero-order valence-electron chi connectivity index (χ0n) is 18.0. The van der Waals surface area contributed by atoms with Gasteiger partial charge in [-0.3, -0.25) is 4.90 Å². The van der Waals surface area contributed by atoms with Crippen molar-refractivity contribution >= 4 is 6.03 Å². The second kappa shape index (κ2) is 9.80. The van der Waals surface area contributed by atoms with E-state index in [1.807, 2.05) is 32.0 Å². The van der Waals surface area contributed by atoms with E-state index in [2.05, 4.69) is 15.5 Å². The zero-order chi connectivity index (χ0) is 21.7. The lowest BCUT2D eigenvalue weighted by atomic mass is 9.91. The topological polar surface area (TPSA) is 62.8 Å². The smallest absolute Gasteiger partial charge is 0.315 e. The van der Waals surface area contributed by atoms with Crippen LogP contribution in [-0.4, -0.2) is 44.3 Å². The summed E-state index contributed by atoms with van der Waals surface area (Å²) in [5.41, 5.74) is 2.84. The molecule has 7 heteroatoms. The molecule has 0 aliphatic carbocycles. The van der Waals surface area contributed by atoms with Crippen LogP contribution in [0.5, 0.6) is 11.5 Å². The zero-order valence-corrected chi connectivity index (χ0v) is 18.0. The minimum atomic E-state index is -0.222. The molecule has 6 nitrogen and oxygen atoms in total. The van der Waals surface area contributed by atoms with Gasteiger partial charge in [-0.2, -0.15) is 0 Å². The molecule has 1 aliphatic rings. The Balaban J connectivity index is 1.91. The number of carbonyl (C=O) groups excluding carboxylic acids is 1. The lowest BCUT2D eigenvalue weighted by Crippen LogP contribution is -2.46. The van der Waals surface area contributed by atoms with E-state index in [0.29, 0.717) is 30.2 Å². The van der Waals surface area contributed by atoms with E-state index in [4.69, 9.17) is 9.47 Å². The average Bonchev–Trinajstić information content (AvgIpc) is 2.72. The van der Waals surface area contributed by atoms with Crippen molar-refractivity contribution in [2.24, 2.45) is 0 Å². The molecular formula is C23H30FN3O3. The summed E-state index contributed by atoms with van der Waals surface area (Å²) in [6.07, 6.45) is 0.804. The minimum Gasteiger partial charge on any atom is -0.493 e. The number of halogens is 1. The van der Waals surface area contributed by atoms with E-state index in [1.165, 1.54) is 6.07 Å². The first-order chi connectivity index (χ1) is 14.4. The number of hydrogen-bond acceptors (Lipinski definition) is 4. The lowest BCUT2D eigenvalue weighted by molar-refractivity contribution is 0.168. The van der Waals surface area contributed by atoms with E-state index in [0.717, 1.165) is 24.1 Å². The first-order valence-electron chi connectivity index (χ1n) is 10.2. The summed E-state index contributed by atoms with van der Waals surface area (Å²) in [7, 11) is 3.22. The largest absolute Gasteiger partial charge is 0.493 e. The summed E-state index contributed by atoms with van der Waals surface area (Å²) < 4.78 is 25.2. The summed E-state index contributed by atoms with van der Waals surface area (Å²) in [5, 5.41) is 5.81. The first kappa shape index (κ1) is 21.9. The Hall–Kier alpha value is -2.80. The Labute approximate surface area is 177 Å². The van der Waals surface area contributed by atoms with Gasteiger partial charge >= 0.3 is 6.03 Å². The van der Waals surface area contributed by atoms with Crippen LogP contribution in [0.2, 0.25) is 0 Å². The minimum absolute atomic E-state index is 0.0440. The molecule has 1 aliphatic heterocycles. The van der Waals surface area contributed by atoms with Crippen molar-refractivity contribution in [2.45, 2.75) is 38.9 Å². The first-order valence-corrected chi connectivity index (χ1v) is 10.2. The third-order valence-electron chi connectivity index (χ3n) is 5.32. The van der Waals surface area contributed by atoms with Crippen molar-refractivity contribution in [3.05, 3.63) is 58.9 Å². The fourth-order valence-electron chi connectivity index (χ4n) is 3.86. The van der Waals surface area contributed by atoms with Crippen molar-refractivity contribution in [2.75, 3.05) is 27.3 Å². The molecular weight excluding hydrogens is 385 g/mol. The molecule has 0 aromatic heterocycles. The van der Waals surface area contributed by atoms with Crippen molar-refractivity contribution < 1.29 is 18.7 Å². The van der Waals surface area contributed by atoms with E-state index < -0.39 is 0 Å². The van der Waals surface area contributed by atoms with Gasteiger partial charge in [0.1, 0.15) is 5.82 Å². The number of nitrogens with one attached hydrogen (secondary N) is 2. The van der Waals surface area contributed by atoms with Crippen molar-refractivity contribution in [3.8, 4) is 11.5 Å². The number of rotatable bonds is 7. The molecule has 0 bridgehead atoms. The van der Waals surface area contributed by atoms with Crippen LogP contribution in [0.4, 0.5) is 9.18 Å². The number of amides is 2. The Morgan fingerprint density at radius 3 is 2.57 bits per heavy atom. The van der Waals surface area contributed by atoms with Gasteiger partial charge in [0.2, 0.25) is 0 Å². The Morgan fingerprint density at radius 2 is 1.90 bits per heavy atom. The highest BCUT2D eigenvalue weighted by atomic mass is 19.1. The molecule has 0 fully saturated rings. The van der Waals surface area contributed by atoms with Gasteiger partial charge < -0.3 is 20.1 Å². The van der Waals surface area contributed by atoms with Gasteiger partial charge in [-0.05, 0) is 49.6 Å². The number of carbonyl (C=O) groups is 1. The number of hydrogen-bond donors (Lipinski definition) is 2. The van der Waals surface area contributed by atoms with Gasteiger partial charge in [0.15, 0.2) is 11.5 Å². The highest BCUT2D eigenvalue weighted by Gasteiger charge is 2.30. The van der Waals surface area contributed by atoms with Crippen LogP contribution in [0, 0.1) is 5.82 Å². The monoisotopic (exact) mass is 415 g/mol. The maximum absolute atomic E-state index is 14.3. The van der Waals surface area contributed by atoms with Crippen molar-refractivity contribution in [1.29, 1.82) is 0 Å². The quantitative estimate of drug-likeness (QED) is 0.725. The predicted octanol–water partition coefficient (Wildman–Crippen LogP) is 3.65. The van der Waals surface area contributed by atoms with Gasteiger partial charge in [-0.1, -0.05) is 18.2 Å². The number of fused-ring (bicyclic) bond motifs is 1.